The maximum Gasteiger partial charge on any atom is 0.255 e. The molecule has 29 heavy (non-hydrogen) atoms. The lowest BCUT2D eigenvalue weighted by atomic mass is 10.2. The Bertz CT molecular complexity index is 1160. The number of imidazole rings is 2. The van der Waals surface area contributed by atoms with E-state index in [1.165, 1.54) is 0 Å². The summed E-state index contributed by atoms with van der Waals surface area (Å²) in [7, 11) is 3.61. The van der Waals surface area contributed by atoms with Crippen LogP contribution in [0.5, 0.6) is 5.75 Å². The Hall–Kier alpha value is -3.61. The topological polar surface area (TPSA) is 74.0 Å². The second-order valence-electron chi connectivity index (χ2n) is 6.89. The van der Waals surface area contributed by atoms with Crippen LogP contribution in [-0.4, -0.2) is 32.1 Å². The number of aryl methyl sites for hydroxylation is 4. The first-order chi connectivity index (χ1) is 14.0. The molecule has 0 aliphatic rings. The molecule has 0 aliphatic carbocycles. The molecule has 0 unspecified atom stereocenters. The Morgan fingerprint density at radius 3 is 2.66 bits per heavy atom. The van der Waals surface area contributed by atoms with Gasteiger partial charge in [-0.15, -0.1) is 0 Å². The number of carbonyl (C=O) groups is 1. The van der Waals surface area contributed by atoms with Gasteiger partial charge in [-0.3, -0.25) is 4.79 Å². The average Bonchev–Trinajstić information content (AvgIpc) is 3.28. The van der Waals surface area contributed by atoms with Crippen molar-refractivity contribution in [3.05, 3.63) is 72.1 Å². The smallest absolute Gasteiger partial charge is 0.255 e. The molecule has 0 radical (unpaired) electrons. The van der Waals surface area contributed by atoms with Gasteiger partial charge in [-0.25, -0.2) is 9.97 Å². The average molecular weight is 389 g/mol. The van der Waals surface area contributed by atoms with Crippen LogP contribution < -0.4 is 10.1 Å². The van der Waals surface area contributed by atoms with Gasteiger partial charge in [-0.1, -0.05) is 0 Å². The summed E-state index contributed by atoms with van der Waals surface area (Å²) in [6, 6.07) is 12.8. The molecule has 4 rings (SSSR count). The summed E-state index contributed by atoms with van der Waals surface area (Å²) in [5.74, 6) is 2.53. The molecule has 0 saturated heterocycles. The van der Waals surface area contributed by atoms with E-state index in [1.54, 1.807) is 31.4 Å². The number of hydrogen-bond acceptors (Lipinski definition) is 4. The van der Waals surface area contributed by atoms with Crippen LogP contribution >= 0.6 is 0 Å². The number of methoxy groups -OCH3 is 1. The molecule has 7 nitrogen and oxygen atoms in total. The van der Waals surface area contributed by atoms with Gasteiger partial charge in [-0.05, 0) is 49.4 Å². The van der Waals surface area contributed by atoms with E-state index in [9.17, 15) is 4.79 Å². The van der Waals surface area contributed by atoms with Crippen LogP contribution in [0.15, 0.2) is 54.9 Å². The highest BCUT2D eigenvalue weighted by Gasteiger charge is 2.11. The third-order valence-electron chi connectivity index (χ3n) is 5.08. The minimum atomic E-state index is -0.168. The summed E-state index contributed by atoms with van der Waals surface area (Å²) in [4.78, 5) is 21.5. The third kappa shape index (κ3) is 3.85. The molecule has 2 aromatic carbocycles. The van der Waals surface area contributed by atoms with Gasteiger partial charge in [0.1, 0.15) is 17.4 Å². The van der Waals surface area contributed by atoms with Crippen molar-refractivity contribution in [2.24, 2.45) is 7.05 Å². The van der Waals surface area contributed by atoms with Gasteiger partial charge in [0.2, 0.25) is 0 Å². The number of aromatic nitrogens is 4. The minimum Gasteiger partial charge on any atom is -0.497 e. The highest BCUT2D eigenvalue weighted by molar-refractivity contribution is 6.05. The number of hydrogen-bond donors (Lipinski definition) is 1. The van der Waals surface area contributed by atoms with E-state index >= 15 is 0 Å². The largest absolute Gasteiger partial charge is 0.497 e. The van der Waals surface area contributed by atoms with Crippen LogP contribution in [0.2, 0.25) is 0 Å². The summed E-state index contributed by atoms with van der Waals surface area (Å²) in [6.07, 6.45) is 4.59. The van der Waals surface area contributed by atoms with E-state index in [1.807, 2.05) is 44.6 Å². The van der Waals surface area contributed by atoms with Gasteiger partial charge in [0, 0.05) is 43.7 Å². The van der Waals surface area contributed by atoms with E-state index < -0.39 is 0 Å². The summed E-state index contributed by atoms with van der Waals surface area (Å²) >= 11 is 0. The molecule has 2 aromatic heterocycles. The number of anilines is 1. The van der Waals surface area contributed by atoms with Crippen molar-refractivity contribution in [1.82, 2.24) is 19.1 Å². The van der Waals surface area contributed by atoms with Crippen LogP contribution in [0.4, 0.5) is 5.69 Å². The van der Waals surface area contributed by atoms with Gasteiger partial charge >= 0.3 is 0 Å². The van der Waals surface area contributed by atoms with E-state index in [0.29, 0.717) is 11.3 Å². The fraction of sp³-hybridized carbons (Fsp3) is 0.227. The zero-order chi connectivity index (χ0) is 20.4. The number of amides is 1. The van der Waals surface area contributed by atoms with Crippen molar-refractivity contribution in [3.8, 4) is 5.75 Å². The molecule has 0 saturated carbocycles. The summed E-state index contributed by atoms with van der Waals surface area (Å²) in [5.41, 5.74) is 3.18. The molecule has 1 amide bonds. The molecule has 0 spiro atoms. The molecule has 0 aliphatic heterocycles. The highest BCUT2D eigenvalue weighted by atomic mass is 16.5. The molecule has 0 bridgehead atoms. The number of benzene rings is 2. The Balaban J connectivity index is 1.51. The van der Waals surface area contributed by atoms with E-state index in [0.717, 1.165) is 41.4 Å². The maximum atomic E-state index is 12.5. The lowest BCUT2D eigenvalue weighted by Gasteiger charge is -2.07. The van der Waals surface area contributed by atoms with Crippen LogP contribution in [0.1, 0.15) is 22.0 Å². The molecular weight excluding hydrogens is 366 g/mol. The molecule has 1 N–H and O–H groups in total. The molecule has 2 heterocycles. The molecule has 0 atom stereocenters. The van der Waals surface area contributed by atoms with E-state index in [4.69, 9.17) is 9.72 Å². The van der Waals surface area contributed by atoms with Crippen molar-refractivity contribution < 1.29 is 9.53 Å². The Morgan fingerprint density at radius 2 is 1.97 bits per heavy atom. The van der Waals surface area contributed by atoms with Gasteiger partial charge in [-0.2, -0.15) is 0 Å². The zero-order valence-electron chi connectivity index (χ0n) is 16.7. The maximum absolute atomic E-state index is 12.5. The molecule has 7 heteroatoms. The fourth-order valence-corrected chi connectivity index (χ4v) is 3.36. The first-order valence-electron chi connectivity index (χ1n) is 9.43. The van der Waals surface area contributed by atoms with Crippen LogP contribution in [0, 0.1) is 6.92 Å². The normalized spacial score (nSPS) is 11.0. The summed E-state index contributed by atoms with van der Waals surface area (Å²) < 4.78 is 9.34. The number of ether oxygens (including phenoxy) is 1. The Kier molecular flexibility index (Phi) is 5.03. The first kappa shape index (κ1) is 18.7. The lowest BCUT2D eigenvalue weighted by molar-refractivity contribution is 0.102. The van der Waals surface area contributed by atoms with Gasteiger partial charge in [0.05, 0.1) is 18.1 Å². The van der Waals surface area contributed by atoms with E-state index in [-0.39, 0.29) is 5.91 Å². The van der Waals surface area contributed by atoms with Gasteiger partial charge in [0.15, 0.2) is 0 Å². The molecule has 0 fully saturated rings. The number of nitrogens with one attached hydrogen (secondary N) is 1. The minimum absolute atomic E-state index is 0.168. The number of nitrogens with zero attached hydrogens (tertiary/aromatic N) is 4. The standard InChI is InChI=1S/C22H23N5O2/c1-15-23-11-13-27(15)12-10-21-25-19-14-17(6-9-20(19)26(21)2)24-22(28)16-4-7-18(29-3)8-5-16/h4-9,11,13-14H,10,12H2,1-3H3,(H,24,28). The van der Waals surface area contributed by atoms with Gasteiger partial charge in [0.25, 0.3) is 5.91 Å². The lowest BCUT2D eigenvalue weighted by Crippen LogP contribution is -2.11. The second-order valence-corrected chi connectivity index (χ2v) is 6.89. The summed E-state index contributed by atoms with van der Waals surface area (Å²) in [6.45, 7) is 2.82. The zero-order valence-corrected chi connectivity index (χ0v) is 16.7. The third-order valence-corrected chi connectivity index (χ3v) is 5.08. The number of fused-ring (bicyclic) bond motifs is 1. The van der Waals surface area contributed by atoms with Crippen LogP contribution in [0.25, 0.3) is 11.0 Å². The summed E-state index contributed by atoms with van der Waals surface area (Å²) in [5, 5.41) is 2.94. The van der Waals surface area contributed by atoms with Gasteiger partial charge < -0.3 is 19.2 Å². The monoisotopic (exact) mass is 389 g/mol. The number of carbonyl (C=O) groups excluding carboxylic acids is 1. The SMILES string of the molecule is COc1ccc(C(=O)Nc2ccc3c(c2)nc(CCn2ccnc2C)n3C)cc1. The first-order valence-corrected chi connectivity index (χ1v) is 9.43. The fourth-order valence-electron chi connectivity index (χ4n) is 3.36. The molecule has 4 aromatic rings. The van der Waals surface area contributed by atoms with E-state index in [2.05, 4.69) is 19.4 Å². The predicted molar refractivity (Wildman–Crippen MR) is 112 cm³/mol. The predicted octanol–water partition coefficient (Wildman–Crippen LogP) is 3.58. The highest BCUT2D eigenvalue weighted by Crippen LogP contribution is 2.21. The Morgan fingerprint density at radius 1 is 1.17 bits per heavy atom. The van der Waals surface area contributed by atoms with Crippen molar-refractivity contribution in [1.29, 1.82) is 0 Å². The second kappa shape index (κ2) is 7.79. The van der Waals surface area contributed by atoms with Crippen molar-refractivity contribution >= 4 is 22.6 Å². The van der Waals surface area contributed by atoms with Crippen molar-refractivity contribution in [2.75, 3.05) is 12.4 Å². The Labute approximate surface area is 169 Å². The molecular formula is C22H23N5O2. The number of rotatable bonds is 6. The van der Waals surface area contributed by atoms with Crippen LogP contribution in [0.3, 0.4) is 0 Å². The van der Waals surface area contributed by atoms with Crippen molar-refractivity contribution in [2.45, 2.75) is 19.9 Å². The quantitative estimate of drug-likeness (QED) is 0.547. The molecule has 148 valence electrons. The van der Waals surface area contributed by atoms with Crippen LogP contribution in [-0.2, 0) is 20.0 Å². The van der Waals surface area contributed by atoms with Crippen molar-refractivity contribution in [3.63, 3.8) is 0 Å².